The molecule has 1 spiro atoms. The maximum atomic E-state index is 14.0. The summed E-state index contributed by atoms with van der Waals surface area (Å²) in [5.41, 5.74) is 0.315. The van der Waals surface area contributed by atoms with E-state index in [0.717, 1.165) is 31.2 Å². The standard InChI is InChI=1S/C28H30N4O4/c33-25(30-19-9-3-1-4-10-19)22-21-13-14-28(36-21)23(22)27(35)32(17-18-8-7-15-29-16-18)24(28)26(34)31-20-11-5-2-6-12-20/h1,3-4,7-10,13-16,20-24H,2,5-6,11-12,17H2,(H,30,33)(H,31,34). The van der Waals surface area contributed by atoms with Crippen molar-refractivity contribution < 1.29 is 19.1 Å². The highest BCUT2D eigenvalue weighted by Gasteiger charge is 2.72. The number of hydrogen-bond donors (Lipinski definition) is 2. The molecule has 36 heavy (non-hydrogen) atoms. The zero-order valence-electron chi connectivity index (χ0n) is 20.0. The van der Waals surface area contributed by atoms with Crippen molar-refractivity contribution in [3.63, 3.8) is 0 Å². The Kier molecular flexibility index (Phi) is 5.84. The van der Waals surface area contributed by atoms with Crippen LogP contribution in [0.1, 0.15) is 37.7 Å². The lowest BCUT2D eigenvalue weighted by Crippen LogP contribution is -2.56. The van der Waals surface area contributed by atoms with Crippen molar-refractivity contribution in [1.29, 1.82) is 0 Å². The van der Waals surface area contributed by atoms with Crippen LogP contribution in [0.4, 0.5) is 5.69 Å². The molecule has 5 unspecified atom stereocenters. The smallest absolute Gasteiger partial charge is 0.246 e. The lowest BCUT2D eigenvalue weighted by atomic mass is 9.74. The van der Waals surface area contributed by atoms with Gasteiger partial charge in [-0.1, -0.05) is 55.7 Å². The van der Waals surface area contributed by atoms with Gasteiger partial charge in [-0.05, 0) is 36.6 Å². The summed E-state index contributed by atoms with van der Waals surface area (Å²) in [5, 5.41) is 6.15. The van der Waals surface area contributed by atoms with Crippen molar-refractivity contribution in [3.8, 4) is 0 Å². The molecule has 3 fully saturated rings. The molecule has 2 saturated heterocycles. The molecule has 2 bridgehead atoms. The van der Waals surface area contributed by atoms with Crippen LogP contribution in [0.25, 0.3) is 0 Å². The van der Waals surface area contributed by atoms with Crippen LogP contribution >= 0.6 is 0 Å². The molecule has 2 aromatic rings. The molecule has 4 heterocycles. The molecule has 5 atom stereocenters. The van der Waals surface area contributed by atoms with Crippen LogP contribution in [0.5, 0.6) is 0 Å². The molecule has 8 heteroatoms. The largest absolute Gasteiger partial charge is 0.359 e. The number of carbonyl (C=O) groups is 3. The molecule has 3 aliphatic heterocycles. The van der Waals surface area contributed by atoms with Gasteiger partial charge in [0.15, 0.2) is 0 Å². The Morgan fingerprint density at radius 1 is 1.06 bits per heavy atom. The molecule has 4 aliphatic rings. The number of nitrogens with zero attached hydrogens (tertiary/aromatic N) is 2. The quantitative estimate of drug-likeness (QED) is 0.612. The van der Waals surface area contributed by atoms with Crippen molar-refractivity contribution in [2.75, 3.05) is 5.32 Å². The Morgan fingerprint density at radius 2 is 1.86 bits per heavy atom. The van der Waals surface area contributed by atoms with Crippen molar-refractivity contribution in [2.45, 2.75) is 62.4 Å². The van der Waals surface area contributed by atoms with Crippen LogP contribution < -0.4 is 10.6 Å². The zero-order chi connectivity index (χ0) is 24.7. The fraction of sp³-hybridized carbons (Fsp3) is 0.429. The number of nitrogens with one attached hydrogen (secondary N) is 2. The van der Waals surface area contributed by atoms with Crippen LogP contribution in [0.2, 0.25) is 0 Å². The number of ether oxygens (including phenoxy) is 1. The van der Waals surface area contributed by atoms with Gasteiger partial charge in [0.05, 0.1) is 17.9 Å². The minimum atomic E-state index is -1.17. The molecule has 6 rings (SSSR count). The van der Waals surface area contributed by atoms with Gasteiger partial charge >= 0.3 is 0 Å². The van der Waals surface area contributed by atoms with Gasteiger partial charge < -0.3 is 20.3 Å². The second-order valence-corrected chi connectivity index (χ2v) is 10.2. The van der Waals surface area contributed by atoms with E-state index >= 15 is 0 Å². The maximum Gasteiger partial charge on any atom is 0.246 e. The number of rotatable bonds is 6. The van der Waals surface area contributed by atoms with E-state index in [1.54, 1.807) is 17.3 Å². The number of amides is 3. The fourth-order valence-corrected chi connectivity index (χ4v) is 6.40. The van der Waals surface area contributed by atoms with Gasteiger partial charge in [0.25, 0.3) is 0 Å². The number of pyridine rings is 1. The Bertz CT molecular complexity index is 1180. The van der Waals surface area contributed by atoms with Gasteiger partial charge in [0.2, 0.25) is 17.7 Å². The van der Waals surface area contributed by atoms with Crippen LogP contribution in [-0.2, 0) is 25.7 Å². The number of para-hydroxylation sites is 1. The predicted molar refractivity (Wildman–Crippen MR) is 132 cm³/mol. The Hall–Kier alpha value is -3.52. The predicted octanol–water partition coefficient (Wildman–Crippen LogP) is 2.82. The molecule has 1 aromatic heterocycles. The average Bonchev–Trinajstić information content (AvgIpc) is 3.53. The molecule has 1 aliphatic carbocycles. The summed E-state index contributed by atoms with van der Waals surface area (Å²) in [6, 6.07) is 12.1. The average molecular weight is 487 g/mol. The van der Waals surface area contributed by atoms with Crippen LogP contribution in [0, 0.1) is 11.8 Å². The highest BCUT2D eigenvalue weighted by Crippen LogP contribution is 2.55. The topological polar surface area (TPSA) is 101 Å². The third-order valence-corrected chi connectivity index (χ3v) is 7.99. The minimum absolute atomic E-state index is 0.0943. The van der Waals surface area contributed by atoms with Gasteiger partial charge in [-0.25, -0.2) is 0 Å². The van der Waals surface area contributed by atoms with Crippen LogP contribution in [0.15, 0.2) is 67.0 Å². The summed E-state index contributed by atoms with van der Waals surface area (Å²) in [4.78, 5) is 47.0. The number of hydrogen-bond acceptors (Lipinski definition) is 5. The molecular formula is C28H30N4O4. The molecule has 0 radical (unpaired) electrons. The molecular weight excluding hydrogens is 456 g/mol. The molecule has 3 amide bonds. The van der Waals surface area contributed by atoms with E-state index in [2.05, 4.69) is 15.6 Å². The number of aromatic nitrogens is 1. The number of likely N-dealkylation sites (tertiary alicyclic amines) is 1. The Balaban J connectivity index is 1.33. The van der Waals surface area contributed by atoms with Crippen LogP contribution in [0.3, 0.4) is 0 Å². The Labute approximate surface area is 210 Å². The monoisotopic (exact) mass is 486 g/mol. The molecule has 1 saturated carbocycles. The van der Waals surface area contributed by atoms with E-state index < -0.39 is 29.6 Å². The number of fused-ring (bicyclic) bond motifs is 1. The number of anilines is 1. The van der Waals surface area contributed by atoms with Crippen molar-refractivity contribution >= 4 is 23.4 Å². The lowest BCUT2D eigenvalue weighted by Gasteiger charge is -2.34. The first kappa shape index (κ1) is 22.9. The maximum absolute atomic E-state index is 14.0. The fourth-order valence-electron chi connectivity index (χ4n) is 6.40. The van der Waals surface area contributed by atoms with Crippen molar-refractivity contribution in [3.05, 3.63) is 72.6 Å². The second kappa shape index (κ2) is 9.17. The van der Waals surface area contributed by atoms with E-state index in [4.69, 9.17) is 4.74 Å². The summed E-state index contributed by atoms with van der Waals surface area (Å²) in [5.74, 6) is -2.20. The molecule has 2 N–H and O–H groups in total. The highest BCUT2D eigenvalue weighted by molar-refractivity contribution is 6.02. The normalized spacial score (nSPS) is 30.9. The third-order valence-electron chi connectivity index (χ3n) is 7.99. The van der Waals surface area contributed by atoms with Crippen molar-refractivity contribution in [1.82, 2.24) is 15.2 Å². The first-order valence-electron chi connectivity index (χ1n) is 12.8. The second-order valence-electron chi connectivity index (χ2n) is 10.2. The SMILES string of the molecule is O=C(Nc1ccccc1)C1C2C=CC3(O2)C1C(=O)N(Cc1cccnc1)C3C(=O)NC1CCCCC1. The summed E-state index contributed by atoms with van der Waals surface area (Å²) < 4.78 is 6.41. The summed E-state index contributed by atoms with van der Waals surface area (Å²) in [7, 11) is 0. The van der Waals surface area contributed by atoms with E-state index in [1.807, 2.05) is 54.6 Å². The first-order chi connectivity index (χ1) is 17.6. The van der Waals surface area contributed by atoms with Gasteiger partial charge in [-0.3, -0.25) is 19.4 Å². The van der Waals surface area contributed by atoms with E-state index in [9.17, 15) is 14.4 Å². The number of carbonyl (C=O) groups excluding carboxylic acids is 3. The molecule has 8 nitrogen and oxygen atoms in total. The summed E-state index contributed by atoms with van der Waals surface area (Å²) in [6.07, 6.45) is 11.7. The Morgan fingerprint density at radius 3 is 2.61 bits per heavy atom. The first-order valence-corrected chi connectivity index (χ1v) is 12.8. The molecule has 186 valence electrons. The van der Waals surface area contributed by atoms with Crippen LogP contribution in [-0.4, -0.2) is 51.4 Å². The molecule has 1 aromatic carbocycles. The van der Waals surface area contributed by atoms with Gasteiger partial charge in [0, 0.05) is 30.7 Å². The summed E-state index contributed by atoms with van der Waals surface area (Å²) in [6.45, 7) is 0.225. The zero-order valence-corrected chi connectivity index (χ0v) is 20.0. The number of benzene rings is 1. The third kappa shape index (κ3) is 3.80. The van der Waals surface area contributed by atoms with Gasteiger partial charge in [0.1, 0.15) is 11.6 Å². The van der Waals surface area contributed by atoms with E-state index in [0.29, 0.717) is 5.69 Å². The minimum Gasteiger partial charge on any atom is -0.359 e. The summed E-state index contributed by atoms with van der Waals surface area (Å²) >= 11 is 0. The van der Waals surface area contributed by atoms with Gasteiger partial charge in [-0.2, -0.15) is 0 Å². The van der Waals surface area contributed by atoms with Crippen molar-refractivity contribution in [2.24, 2.45) is 11.8 Å². The van der Waals surface area contributed by atoms with Gasteiger partial charge in [-0.15, -0.1) is 0 Å². The highest BCUT2D eigenvalue weighted by atomic mass is 16.5. The van der Waals surface area contributed by atoms with E-state index in [1.165, 1.54) is 6.42 Å². The van der Waals surface area contributed by atoms with E-state index in [-0.39, 0.29) is 30.3 Å². The lowest BCUT2D eigenvalue weighted by molar-refractivity contribution is -0.142.